The minimum atomic E-state index is -3.80. The molecule has 0 radical (unpaired) electrons. The summed E-state index contributed by atoms with van der Waals surface area (Å²) in [5.41, 5.74) is 0.470. The number of amides is 2. The Morgan fingerprint density at radius 1 is 1.09 bits per heavy atom. The number of benzene rings is 2. The van der Waals surface area contributed by atoms with Crippen LogP contribution in [0.3, 0.4) is 0 Å². The molecule has 1 atom stereocenters. The van der Waals surface area contributed by atoms with Crippen molar-refractivity contribution in [1.82, 2.24) is 10.2 Å². The van der Waals surface area contributed by atoms with Gasteiger partial charge in [0.25, 0.3) is 0 Å². The maximum atomic E-state index is 13.7. The summed E-state index contributed by atoms with van der Waals surface area (Å²) in [6.45, 7) is 6.91. The first-order chi connectivity index (χ1) is 16.1. The van der Waals surface area contributed by atoms with Crippen molar-refractivity contribution in [3.05, 3.63) is 62.5 Å². The van der Waals surface area contributed by atoms with Gasteiger partial charge < -0.3 is 10.2 Å². The van der Waals surface area contributed by atoms with E-state index in [0.717, 1.165) is 10.6 Å². The molecule has 0 aliphatic rings. The van der Waals surface area contributed by atoms with Crippen molar-refractivity contribution in [1.29, 1.82) is 0 Å². The molecule has 0 aliphatic heterocycles. The summed E-state index contributed by atoms with van der Waals surface area (Å²) >= 11 is 15.5. The molecule has 0 unspecified atom stereocenters. The number of rotatable bonds is 9. The van der Waals surface area contributed by atoms with Crippen LogP contribution in [0.25, 0.3) is 0 Å². The third-order valence-corrected chi connectivity index (χ3v) is 7.37. The van der Waals surface area contributed by atoms with E-state index in [4.69, 9.17) is 23.2 Å². The molecule has 2 aromatic carbocycles. The number of nitrogens with zero attached hydrogens (tertiary/aromatic N) is 2. The summed E-state index contributed by atoms with van der Waals surface area (Å²) in [4.78, 5) is 28.2. The number of hydrogen-bond donors (Lipinski definition) is 1. The lowest BCUT2D eigenvalue weighted by atomic mass is 10.1. The molecule has 2 rings (SSSR count). The molecule has 192 valence electrons. The minimum absolute atomic E-state index is 0.0435. The zero-order valence-electron chi connectivity index (χ0n) is 20.3. The molecule has 2 amide bonds. The maximum absolute atomic E-state index is 13.7. The smallest absolute Gasteiger partial charge is 0.244 e. The van der Waals surface area contributed by atoms with E-state index in [1.54, 1.807) is 49.4 Å². The second kappa shape index (κ2) is 12.0. The van der Waals surface area contributed by atoms with Gasteiger partial charge in [0.15, 0.2) is 0 Å². The maximum Gasteiger partial charge on any atom is 0.244 e. The SMILES string of the molecule is CC[C@@H](C(=O)NC(C)(C)C)N(Cc1ccc(Cl)c(Cl)c1)C(=O)CN(c1cccc(Br)c1)S(C)(=O)=O. The van der Waals surface area contributed by atoms with Crippen LogP contribution in [0, 0.1) is 0 Å². The summed E-state index contributed by atoms with van der Waals surface area (Å²) in [7, 11) is -3.80. The Hall–Kier alpha value is -1.81. The van der Waals surface area contributed by atoms with Crippen molar-refractivity contribution < 1.29 is 18.0 Å². The van der Waals surface area contributed by atoms with Crippen molar-refractivity contribution in [3.8, 4) is 0 Å². The van der Waals surface area contributed by atoms with Gasteiger partial charge in [-0.05, 0) is 63.1 Å². The number of halogens is 3. The van der Waals surface area contributed by atoms with E-state index in [1.165, 1.54) is 4.90 Å². The van der Waals surface area contributed by atoms with Gasteiger partial charge in [-0.1, -0.05) is 58.2 Å². The highest BCUT2D eigenvalue weighted by Crippen LogP contribution is 2.26. The average Bonchev–Trinajstić information content (AvgIpc) is 2.72. The monoisotopic (exact) mass is 605 g/mol. The second-order valence-corrected chi connectivity index (χ2v) is 12.8. The van der Waals surface area contributed by atoms with Crippen LogP contribution in [0.2, 0.25) is 10.0 Å². The van der Waals surface area contributed by atoms with E-state index in [9.17, 15) is 18.0 Å². The van der Waals surface area contributed by atoms with E-state index in [0.29, 0.717) is 32.2 Å². The largest absolute Gasteiger partial charge is 0.350 e. The van der Waals surface area contributed by atoms with Gasteiger partial charge in [0.1, 0.15) is 12.6 Å². The van der Waals surface area contributed by atoms with Crippen LogP contribution in [0.4, 0.5) is 5.69 Å². The first-order valence-corrected chi connectivity index (χ1v) is 14.3. The molecule has 0 saturated carbocycles. The van der Waals surface area contributed by atoms with Gasteiger partial charge in [-0.25, -0.2) is 8.42 Å². The Labute approximate surface area is 225 Å². The van der Waals surface area contributed by atoms with E-state index in [2.05, 4.69) is 21.2 Å². The summed E-state index contributed by atoms with van der Waals surface area (Å²) in [5, 5.41) is 3.60. The molecule has 2 aromatic rings. The molecule has 7 nitrogen and oxygen atoms in total. The third-order valence-electron chi connectivity index (χ3n) is 5.00. The lowest BCUT2D eigenvalue weighted by Gasteiger charge is -2.34. The number of sulfonamides is 1. The van der Waals surface area contributed by atoms with Crippen LogP contribution in [0.5, 0.6) is 0 Å². The Kier molecular flexibility index (Phi) is 10.0. The number of anilines is 1. The lowest BCUT2D eigenvalue weighted by molar-refractivity contribution is -0.141. The van der Waals surface area contributed by atoms with Gasteiger partial charge in [-0.2, -0.15) is 0 Å². The van der Waals surface area contributed by atoms with Crippen LogP contribution < -0.4 is 9.62 Å². The predicted octanol–water partition coefficient (Wildman–Crippen LogP) is 5.24. The van der Waals surface area contributed by atoms with Crippen LogP contribution >= 0.6 is 39.1 Å². The molecule has 35 heavy (non-hydrogen) atoms. The molecule has 0 bridgehead atoms. The van der Waals surface area contributed by atoms with Crippen molar-refractivity contribution in [2.24, 2.45) is 0 Å². The Balaban J connectivity index is 2.48. The molecule has 0 aliphatic carbocycles. The fourth-order valence-corrected chi connectivity index (χ4v) is 5.00. The zero-order valence-corrected chi connectivity index (χ0v) is 24.2. The third kappa shape index (κ3) is 8.66. The number of nitrogens with one attached hydrogen (secondary N) is 1. The van der Waals surface area contributed by atoms with Crippen LogP contribution in [0.1, 0.15) is 39.7 Å². The van der Waals surface area contributed by atoms with Crippen LogP contribution in [0.15, 0.2) is 46.9 Å². The average molecular weight is 607 g/mol. The van der Waals surface area contributed by atoms with Gasteiger partial charge in [0.2, 0.25) is 21.8 Å². The Morgan fingerprint density at radius 2 is 1.74 bits per heavy atom. The van der Waals surface area contributed by atoms with Gasteiger partial charge in [-0.15, -0.1) is 0 Å². The van der Waals surface area contributed by atoms with E-state index in [1.807, 2.05) is 20.8 Å². The van der Waals surface area contributed by atoms with Crippen LogP contribution in [-0.2, 0) is 26.2 Å². The summed E-state index contributed by atoms with van der Waals surface area (Å²) in [5.74, 6) is -0.862. The topological polar surface area (TPSA) is 86.8 Å². The van der Waals surface area contributed by atoms with Crippen LogP contribution in [-0.4, -0.2) is 49.5 Å². The summed E-state index contributed by atoms with van der Waals surface area (Å²) < 4.78 is 27.0. The fourth-order valence-electron chi connectivity index (χ4n) is 3.45. The van der Waals surface area contributed by atoms with E-state index in [-0.39, 0.29) is 12.5 Å². The van der Waals surface area contributed by atoms with Gasteiger partial charge in [0.05, 0.1) is 22.0 Å². The van der Waals surface area contributed by atoms with Gasteiger partial charge >= 0.3 is 0 Å². The molecule has 11 heteroatoms. The van der Waals surface area contributed by atoms with Crippen molar-refractivity contribution in [2.75, 3.05) is 17.1 Å². The van der Waals surface area contributed by atoms with Gasteiger partial charge in [-0.3, -0.25) is 13.9 Å². The fraction of sp³-hybridized carbons (Fsp3) is 0.417. The molecule has 0 fully saturated rings. The minimum Gasteiger partial charge on any atom is -0.350 e. The molecule has 0 spiro atoms. The summed E-state index contributed by atoms with van der Waals surface area (Å²) in [6.07, 6.45) is 1.36. The molecule has 0 aromatic heterocycles. The summed E-state index contributed by atoms with van der Waals surface area (Å²) in [6, 6.07) is 10.8. The van der Waals surface area contributed by atoms with E-state index >= 15 is 0 Å². The molecule has 0 heterocycles. The normalized spacial score (nSPS) is 12.7. The highest BCUT2D eigenvalue weighted by Gasteiger charge is 2.33. The van der Waals surface area contributed by atoms with Crippen molar-refractivity contribution in [2.45, 2.75) is 52.2 Å². The van der Waals surface area contributed by atoms with E-state index < -0.39 is 34.1 Å². The van der Waals surface area contributed by atoms with Crippen molar-refractivity contribution >= 4 is 66.7 Å². The van der Waals surface area contributed by atoms with Gasteiger partial charge in [0, 0.05) is 16.6 Å². The Morgan fingerprint density at radius 3 is 2.26 bits per heavy atom. The molecular formula is C24H30BrCl2N3O4S. The second-order valence-electron chi connectivity index (χ2n) is 9.18. The Bertz CT molecular complexity index is 1190. The lowest BCUT2D eigenvalue weighted by Crippen LogP contribution is -2.55. The first kappa shape index (κ1) is 29.4. The number of carbonyl (C=O) groups excluding carboxylic acids is 2. The number of carbonyl (C=O) groups is 2. The molecular weight excluding hydrogens is 577 g/mol. The highest BCUT2D eigenvalue weighted by atomic mass is 79.9. The molecule has 1 N–H and O–H groups in total. The standard InChI is InChI=1S/C24H30BrCl2N3O4S/c1-6-21(23(32)28-24(2,3)4)29(14-16-10-11-19(26)20(27)12-16)22(31)15-30(35(5,33)34)18-9-7-8-17(25)13-18/h7-13,21H,6,14-15H2,1-5H3,(H,28,32)/t21-/m0/s1. The predicted molar refractivity (Wildman–Crippen MR) is 145 cm³/mol. The first-order valence-electron chi connectivity index (χ1n) is 10.9. The molecule has 0 saturated heterocycles. The quantitative estimate of drug-likeness (QED) is 0.423. The zero-order chi connectivity index (χ0) is 26.6. The number of hydrogen-bond acceptors (Lipinski definition) is 4. The highest BCUT2D eigenvalue weighted by molar-refractivity contribution is 9.10. The van der Waals surface area contributed by atoms with Crippen molar-refractivity contribution in [3.63, 3.8) is 0 Å².